The topological polar surface area (TPSA) is 174 Å². The van der Waals surface area contributed by atoms with Crippen molar-refractivity contribution in [1.82, 2.24) is 49.0 Å². The lowest BCUT2D eigenvalue weighted by Gasteiger charge is -2.40. The molecule has 21 rings (SSSR count). The third-order valence-electron chi connectivity index (χ3n) is 16.8. The Labute approximate surface area is 718 Å². The number of aromatic nitrogens is 10. The second-order valence-electron chi connectivity index (χ2n) is 45.0. The zero-order valence-electron chi connectivity index (χ0n) is 78.2. The van der Waals surface area contributed by atoms with E-state index in [0.717, 1.165) is 134 Å². The van der Waals surface area contributed by atoms with Gasteiger partial charge in [0.2, 0.25) is 22.6 Å². The summed E-state index contributed by atoms with van der Waals surface area (Å²) >= 11 is 0. The standard InChI is InChI=1S/C33H16N8.C32H18N8.8C5H12/c1-2-10-18-17(9-1)25-34-27-19-11-3-4-12-20(19)29-36-31-23-15-7-8-16-24(23)32-37-30-22-14-6-5-13-21(22)28-35-26(18)38(25)33(39(27)29,40(28)30)41(31)32;1-2-10-18-17(9-1)25-33-26(18)38-28-21-13-5-6-14-22(21)30(35-28)40-32-24-16-8-7-15-23(24)31(36-32)39-29-20-12-4-3-11-19(20)27(34-29)37-25;8*1-5(2,3)4/h1-16H;1-16H,(H2,33,34,35,36,37,38,39,40);8*1-4H3/q+2;;;;;;;;;. The number of aromatic amines is 2. The van der Waals surface area contributed by atoms with Crippen molar-refractivity contribution in [3.63, 3.8) is 0 Å². The Morgan fingerprint density at radius 1 is 0.223 bits per heavy atom. The van der Waals surface area contributed by atoms with Crippen molar-refractivity contribution in [3.8, 4) is 45.6 Å². The number of rotatable bonds is 0. The summed E-state index contributed by atoms with van der Waals surface area (Å²) in [5.41, 5.74) is 16.6. The van der Waals surface area contributed by atoms with Gasteiger partial charge >= 0.3 is 5.91 Å². The average Bonchev–Trinajstić information content (AvgIpc) is 1.47. The number of nitrogens with one attached hydrogen (secondary N) is 2. The lowest BCUT2D eigenvalue weighted by molar-refractivity contribution is -0.790. The third-order valence-corrected chi connectivity index (χ3v) is 16.8. The van der Waals surface area contributed by atoms with Gasteiger partial charge in [-0.15, -0.1) is 9.15 Å². The Kier molecular flexibility index (Phi) is 24.3. The van der Waals surface area contributed by atoms with Crippen LogP contribution in [0.5, 0.6) is 0 Å². The Morgan fingerprint density at radius 3 is 0.661 bits per heavy atom. The minimum atomic E-state index is -0.923. The summed E-state index contributed by atoms with van der Waals surface area (Å²) in [7, 11) is 0. The first-order valence-electron chi connectivity index (χ1n) is 42.8. The molecule has 628 valence electrons. The smallest absolute Gasteiger partial charge is 0.324 e. The van der Waals surface area contributed by atoms with Gasteiger partial charge in [-0.25, -0.2) is 29.9 Å². The van der Waals surface area contributed by atoms with Gasteiger partial charge in [-0.1, -0.05) is 387 Å². The van der Waals surface area contributed by atoms with Crippen molar-refractivity contribution in [1.29, 1.82) is 0 Å². The first kappa shape index (κ1) is 88.8. The van der Waals surface area contributed by atoms with Crippen LogP contribution >= 0.6 is 0 Å². The predicted octanol–water partition coefficient (Wildman–Crippen LogP) is 27.0. The molecule has 2 N–H and O–H groups in total. The summed E-state index contributed by atoms with van der Waals surface area (Å²) in [5, 5.41) is 8.15. The summed E-state index contributed by atoms with van der Waals surface area (Å²) < 4.78 is 9.32. The second-order valence-corrected chi connectivity index (χ2v) is 45.0. The van der Waals surface area contributed by atoms with Crippen LogP contribution in [-0.4, -0.2) is 81.5 Å². The highest BCUT2D eigenvalue weighted by atomic mass is 15.7. The van der Waals surface area contributed by atoms with Gasteiger partial charge in [-0.05, 0) is 91.9 Å². The quantitative estimate of drug-likeness (QED) is 0.143. The summed E-state index contributed by atoms with van der Waals surface area (Å²) in [6, 6.07) is 66.2. The summed E-state index contributed by atoms with van der Waals surface area (Å²) in [5.74, 6) is 6.85. The average molecular weight is 1620 g/mol. The molecule has 13 heterocycles. The highest BCUT2D eigenvalue weighted by Crippen LogP contribution is 2.53. The zero-order valence-corrected chi connectivity index (χ0v) is 78.2. The first-order valence-corrected chi connectivity index (χ1v) is 42.8. The van der Waals surface area contributed by atoms with Gasteiger partial charge in [-0.3, -0.25) is 0 Å². The van der Waals surface area contributed by atoms with E-state index in [2.05, 4.69) is 347 Å². The minimum Gasteiger partial charge on any atom is -0.324 e. The molecule has 0 atom stereocenters. The van der Waals surface area contributed by atoms with Gasteiger partial charge < -0.3 is 9.97 Å². The van der Waals surface area contributed by atoms with Gasteiger partial charge in [0.25, 0.3) is 23.3 Å². The molecule has 8 aliphatic heterocycles. The van der Waals surface area contributed by atoms with Crippen LogP contribution in [0.1, 0.15) is 244 Å². The Hall–Kier alpha value is -11.5. The number of hydrogen-bond acceptors (Lipinski definition) is 10. The van der Waals surface area contributed by atoms with Crippen LogP contribution in [0.4, 0.5) is 11.6 Å². The molecule has 13 aromatic rings. The second kappa shape index (κ2) is 33.1. The van der Waals surface area contributed by atoms with Crippen LogP contribution in [0.15, 0.2) is 214 Å². The minimum absolute atomic E-state index is 0.500. The van der Waals surface area contributed by atoms with E-state index < -0.39 is 5.91 Å². The largest absolute Gasteiger partial charge is 0.404 e. The summed E-state index contributed by atoms with van der Waals surface area (Å²) in [4.78, 5) is 58.4. The molecule has 0 saturated heterocycles. The molecule has 0 unspecified atom stereocenters. The molecule has 1 spiro atoms. The fourth-order valence-corrected chi connectivity index (χ4v) is 13.5. The van der Waals surface area contributed by atoms with E-state index in [1.807, 2.05) is 97.1 Å². The SMILES string of the molecule is CC(C)(C)C.CC(C)(C)C.CC(C)(C)C.CC(C)(C)C.CC(C)(C)C.CC(C)(C)C.CC(C)(C)C.CC(C)(C)C.c1ccc2c(c1)-c1nc-2nc2[nH]c(nc3nc(nc4[nH]c(n1)c1ccccc41)-c1ccccc1-3)c1ccccc21.c1ccc2c(c1)C1=Nc3c4ccccc4c4n3C35n6c(c7ccccc7c6=NC6=[N+]3C(=N4)c3ccccc36)=NC2=[N+]15. The van der Waals surface area contributed by atoms with E-state index in [-0.39, 0.29) is 0 Å². The predicted molar refractivity (Wildman–Crippen MR) is 511 cm³/mol. The molecule has 16 heteroatoms. The molecule has 0 saturated carbocycles. The maximum Gasteiger partial charge on any atom is 0.404 e. The van der Waals surface area contributed by atoms with Gasteiger partial charge in [0, 0.05) is 65.3 Å². The van der Waals surface area contributed by atoms with Crippen molar-refractivity contribution in [2.24, 2.45) is 63.3 Å². The van der Waals surface area contributed by atoms with Crippen LogP contribution in [-0.2, 0) is 5.91 Å². The Morgan fingerprint density at radius 2 is 0.421 bits per heavy atom. The zero-order chi connectivity index (χ0) is 88.4. The number of aliphatic imine (C=N–C) groups is 2. The van der Waals surface area contributed by atoms with Crippen LogP contribution in [0.25, 0.3) is 111 Å². The van der Waals surface area contributed by atoms with Crippen LogP contribution in [0.3, 0.4) is 0 Å². The number of nitrogens with zero attached hydrogens (tertiary/aromatic N) is 14. The number of fused-ring (bicyclic) bond motifs is 32. The van der Waals surface area contributed by atoms with E-state index >= 15 is 0 Å². The number of amidine groups is 4. The van der Waals surface area contributed by atoms with Crippen LogP contribution < -0.4 is 11.0 Å². The van der Waals surface area contributed by atoms with Crippen molar-refractivity contribution in [3.05, 3.63) is 227 Å². The maximum atomic E-state index is 5.42. The molecular weight excluding hydrogens is 1490 g/mol. The molecule has 16 nitrogen and oxygen atoms in total. The molecule has 5 aromatic heterocycles. The Balaban J connectivity index is 0.000000154. The highest BCUT2D eigenvalue weighted by molar-refractivity contribution is 6.20. The van der Waals surface area contributed by atoms with Crippen LogP contribution in [0.2, 0.25) is 0 Å². The molecule has 121 heavy (non-hydrogen) atoms. The van der Waals surface area contributed by atoms with Gasteiger partial charge in [-0.2, -0.15) is 9.13 Å². The van der Waals surface area contributed by atoms with Gasteiger partial charge in [0.05, 0.1) is 22.3 Å². The molecule has 8 aromatic carbocycles. The van der Waals surface area contributed by atoms with E-state index in [9.17, 15) is 0 Å². The summed E-state index contributed by atoms with van der Waals surface area (Å²) in [6.07, 6.45) is 0. The lowest BCUT2D eigenvalue weighted by Crippen LogP contribution is -2.71. The molecule has 8 aliphatic rings. The molecular formula is C105H130N16+2. The maximum absolute atomic E-state index is 5.42. The van der Waals surface area contributed by atoms with Crippen LogP contribution in [0, 0.1) is 43.3 Å². The van der Waals surface area contributed by atoms with E-state index in [1.165, 1.54) is 0 Å². The monoisotopic (exact) mass is 1620 g/mol. The van der Waals surface area contributed by atoms with E-state index in [0.29, 0.717) is 89.2 Å². The number of H-pyrrole nitrogens is 2. The fourth-order valence-electron chi connectivity index (χ4n) is 13.5. The van der Waals surface area contributed by atoms with Gasteiger partial charge in [0.15, 0.2) is 23.3 Å². The Bertz CT molecular complexity index is 5890. The molecule has 0 radical (unpaired) electrons. The summed E-state index contributed by atoms with van der Waals surface area (Å²) in [6.45, 7) is 70.0. The normalized spacial score (nSPS) is 14.2. The highest BCUT2D eigenvalue weighted by Gasteiger charge is 2.69. The third kappa shape index (κ3) is 20.6. The van der Waals surface area contributed by atoms with Crippen molar-refractivity contribution < 1.29 is 9.15 Å². The van der Waals surface area contributed by atoms with E-state index in [1.54, 1.807) is 0 Å². The van der Waals surface area contributed by atoms with E-state index in [4.69, 9.17) is 49.9 Å². The molecule has 0 fully saturated rings. The lowest BCUT2D eigenvalue weighted by atomic mass is 10.0. The number of benzene rings is 8. The van der Waals surface area contributed by atoms with Crippen molar-refractivity contribution >= 4 is 101 Å². The molecule has 0 aliphatic carbocycles. The number of hydrogen-bond donors (Lipinski definition) is 2. The molecule has 8 bridgehead atoms. The first-order chi connectivity index (χ1) is 56.2. The van der Waals surface area contributed by atoms with Crippen molar-refractivity contribution in [2.45, 2.75) is 227 Å². The van der Waals surface area contributed by atoms with Crippen molar-refractivity contribution in [2.75, 3.05) is 0 Å². The van der Waals surface area contributed by atoms with Gasteiger partial charge in [0.1, 0.15) is 22.6 Å². The molecule has 0 amide bonds. The fraction of sp³-hybridized carbons (Fsp3) is 0.390.